The largest absolute Gasteiger partial charge is 0.308 e. The number of hydrogen-bond acceptors (Lipinski definition) is 3. The Bertz CT molecular complexity index is 444. The molecule has 0 radical (unpaired) electrons. The average Bonchev–Trinajstić information content (AvgIpc) is 2.87. The quantitative estimate of drug-likeness (QED) is 0.557. The molecule has 2 aliphatic carbocycles. The molecule has 4 heteroatoms. The van der Waals surface area contributed by atoms with E-state index in [4.69, 9.17) is 12.2 Å². The molecule has 2 saturated heterocycles. The van der Waals surface area contributed by atoms with Crippen molar-refractivity contribution in [2.45, 2.75) is 94.5 Å². The summed E-state index contributed by atoms with van der Waals surface area (Å²) < 4.78 is 2.60. The van der Waals surface area contributed by atoms with Crippen molar-refractivity contribution < 1.29 is 0 Å². The van der Waals surface area contributed by atoms with Crippen LogP contribution in [0.5, 0.6) is 0 Å². The van der Waals surface area contributed by atoms with Crippen LogP contribution >= 0.6 is 24.2 Å². The van der Waals surface area contributed by atoms with Gasteiger partial charge in [0.2, 0.25) is 0 Å². The maximum absolute atomic E-state index is 6.07. The highest BCUT2D eigenvalue weighted by Crippen LogP contribution is 2.53. The summed E-state index contributed by atoms with van der Waals surface area (Å²) in [6, 6.07) is 1.42. The van der Waals surface area contributed by atoms with Crippen molar-refractivity contribution >= 4 is 29.2 Å². The Hall–Kier alpha value is 0.200. The fraction of sp³-hybridized carbons (Fsp3) is 0.944. The van der Waals surface area contributed by atoms with Crippen LogP contribution in [-0.2, 0) is 0 Å². The van der Waals surface area contributed by atoms with Crippen molar-refractivity contribution in [3.8, 4) is 0 Å². The number of rotatable bonds is 1. The van der Waals surface area contributed by atoms with Gasteiger partial charge in [-0.1, -0.05) is 44.3 Å². The highest BCUT2D eigenvalue weighted by molar-refractivity contribution is 8.00. The Labute approximate surface area is 145 Å². The van der Waals surface area contributed by atoms with Crippen LogP contribution in [0.15, 0.2) is 0 Å². The molecule has 0 amide bonds. The fourth-order valence-corrected chi connectivity index (χ4v) is 7.74. The van der Waals surface area contributed by atoms with Crippen molar-refractivity contribution in [3.63, 3.8) is 0 Å². The minimum Gasteiger partial charge on any atom is -0.308 e. The van der Waals surface area contributed by atoms with Crippen LogP contribution in [-0.4, -0.2) is 32.2 Å². The van der Waals surface area contributed by atoms with Gasteiger partial charge in [0, 0.05) is 23.5 Å². The molecular formula is C18H30N2S2. The van der Waals surface area contributed by atoms with E-state index < -0.39 is 0 Å². The Kier molecular flexibility index (Phi) is 4.23. The lowest BCUT2D eigenvalue weighted by Gasteiger charge is -2.50. The first-order chi connectivity index (χ1) is 10.6. The molecule has 2 nitrogen and oxygen atoms in total. The molecule has 4 unspecified atom stereocenters. The lowest BCUT2D eigenvalue weighted by atomic mass is 9.67. The highest BCUT2D eigenvalue weighted by Gasteiger charge is 2.56. The molecule has 0 aromatic heterocycles. The van der Waals surface area contributed by atoms with Gasteiger partial charge in [0.15, 0.2) is 0 Å². The van der Waals surface area contributed by atoms with Crippen LogP contribution in [0.3, 0.4) is 0 Å². The SMILES string of the molecule is CC1(C)NC2CCCCC2C2C(=S)N(C3CCCCC3)SC21. The maximum atomic E-state index is 6.07. The smallest absolute Gasteiger partial charge is 0.0928 e. The number of hydrogen-bond donors (Lipinski definition) is 1. The van der Waals surface area contributed by atoms with Gasteiger partial charge in [-0.3, -0.25) is 0 Å². The third kappa shape index (κ3) is 2.53. The Morgan fingerprint density at radius 3 is 2.50 bits per heavy atom. The van der Waals surface area contributed by atoms with E-state index >= 15 is 0 Å². The van der Waals surface area contributed by atoms with E-state index in [1.807, 2.05) is 0 Å². The summed E-state index contributed by atoms with van der Waals surface area (Å²) in [4.78, 5) is 1.31. The number of nitrogens with zero attached hydrogens (tertiary/aromatic N) is 1. The molecule has 0 aromatic carbocycles. The van der Waals surface area contributed by atoms with Crippen LogP contribution in [0.1, 0.15) is 71.6 Å². The third-order valence-corrected chi connectivity index (χ3v) is 8.93. The first kappa shape index (κ1) is 15.7. The topological polar surface area (TPSA) is 15.3 Å². The second-order valence-corrected chi connectivity index (χ2v) is 9.96. The van der Waals surface area contributed by atoms with E-state index in [0.29, 0.717) is 17.2 Å². The molecular weight excluding hydrogens is 308 g/mol. The summed E-state index contributed by atoms with van der Waals surface area (Å²) in [5.74, 6) is 1.43. The second-order valence-electron chi connectivity index (χ2n) is 8.43. The van der Waals surface area contributed by atoms with Crippen molar-refractivity contribution in [2.24, 2.45) is 11.8 Å². The van der Waals surface area contributed by atoms with Crippen LogP contribution in [0, 0.1) is 11.8 Å². The van der Waals surface area contributed by atoms with Gasteiger partial charge in [0.1, 0.15) is 0 Å². The Morgan fingerprint density at radius 2 is 1.73 bits per heavy atom. The minimum absolute atomic E-state index is 0.210. The zero-order chi connectivity index (χ0) is 15.3. The normalized spacial score (nSPS) is 42.1. The summed E-state index contributed by atoms with van der Waals surface area (Å²) in [7, 11) is 0. The van der Waals surface area contributed by atoms with Crippen LogP contribution in [0.2, 0.25) is 0 Å². The van der Waals surface area contributed by atoms with Gasteiger partial charge in [-0.25, -0.2) is 0 Å². The number of fused-ring (bicyclic) bond motifs is 3. The molecule has 4 aliphatic rings. The summed E-state index contributed by atoms with van der Waals surface area (Å²) in [5.41, 5.74) is 0.210. The van der Waals surface area contributed by atoms with Gasteiger partial charge in [0.25, 0.3) is 0 Å². The van der Waals surface area contributed by atoms with E-state index in [9.17, 15) is 0 Å². The first-order valence-corrected chi connectivity index (χ1v) is 10.6. The minimum atomic E-state index is 0.210. The summed E-state index contributed by atoms with van der Waals surface area (Å²) in [6.45, 7) is 4.82. The second kappa shape index (κ2) is 5.93. The molecule has 0 bridgehead atoms. The van der Waals surface area contributed by atoms with Crippen molar-refractivity contribution in [2.75, 3.05) is 0 Å². The predicted molar refractivity (Wildman–Crippen MR) is 99.1 cm³/mol. The summed E-state index contributed by atoms with van der Waals surface area (Å²) >= 11 is 8.17. The van der Waals surface area contributed by atoms with Gasteiger partial charge < -0.3 is 9.62 Å². The molecule has 0 aromatic rings. The van der Waals surface area contributed by atoms with E-state index in [1.165, 1.54) is 62.8 Å². The lowest BCUT2D eigenvalue weighted by molar-refractivity contribution is 0.115. The predicted octanol–water partition coefficient (Wildman–Crippen LogP) is 4.54. The van der Waals surface area contributed by atoms with Gasteiger partial charge in [0.05, 0.1) is 10.2 Å². The Balaban J connectivity index is 1.60. The van der Waals surface area contributed by atoms with E-state index in [0.717, 1.165) is 12.0 Å². The van der Waals surface area contributed by atoms with Crippen LogP contribution in [0.25, 0.3) is 0 Å². The maximum Gasteiger partial charge on any atom is 0.0928 e. The average molecular weight is 339 g/mol. The lowest BCUT2D eigenvalue weighted by Crippen LogP contribution is -2.64. The highest BCUT2D eigenvalue weighted by atomic mass is 32.2. The molecule has 4 fully saturated rings. The molecule has 2 saturated carbocycles. The zero-order valence-corrected chi connectivity index (χ0v) is 15.6. The van der Waals surface area contributed by atoms with E-state index in [-0.39, 0.29) is 5.54 Å². The van der Waals surface area contributed by atoms with Crippen LogP contribution < -0.4 is 5.32 Å². The molecule has 1 N–H and O–H groups in total. The molecule has 2 heterocycles. The van der Waals surface area contributed by atoms with Gasteiger partial charge in [-0.15, -0.1) is 0 Å². The number of thiocarbonyl (C=S) groups is 1. The van der Waals surface area contributed by atoms with Crippen LogP contribution in [0.4, 0.5) is 0 Å². The van der Waals surface area contributed by atoms with Gasteiger partial charge >= 0.3 is 0 Å². The fourth-order valence-electron chi connectivity index (χ4n) is 5.41. The monoisotopic (exact) mass is 338 g/mol. The summed E-state index contributed by atoms with van der Waals surface area (Å²) in [6.07, 6.45) is 12.5. The number of piperidine rings is 1. The van der Waals surface area contributed by atoms with Crippen molar-refractivity contribution in [1.29, 1.82) is 0 Å². The molecule has 22 heavy (non-hydrogen) atoms. The van der Waals surface area contributed by atoms with E-state index in [1.54, 1.807) is 0 Å². The molecule has 2 aliphatic heterocycles. The Morgan fingerprint density at radius 1 is 1.05 bits per heavy atom. The van der Waals surface area contributed by atoms with Crippen molar-refractivity contribution in [3.05, 3.63) is 0 Å². The van der Waals surface area contributed by atoms with Gasteiger partial charge in [-0.2, -0.15) is 0 Å². The molecule has 4 atom stereocenters. The van der Waals surface area contributed by atoms with E-state index in [2.05, 4.69) is 35.4 Å². The first-order valence-electron chi connectivity index (χ1n) is 9.35. The molecule has 4 rings (SSSR count). The standard InChI is InChI=1S/C18H30N2S2/c1-18(2)16-15(13-10-6-7-11-14(13)19-18)17(21)20(22-16)12-8-4-3-5-9-12/h12-16,19H,3-11H2,1-2H3. The van der Waals surface area contributed by atoms with Gasteiger partial charge in [-0.05, 0) is 57.4 Å². The number of nitrogens with one attached hydrogen (secondary N) is 1. The summed E-state index contributed by atoms with van der Waals surface area (Å²) in [5, 5.41) is 4.64. The zero-order valence-electron chi connectivity index (χ0n) is 14.0. The van der Waals surface area contributed by atoms with Crippen molar-refractivity contribution in [1.82, 2.24) is 9.62 Å². The molecule has 124 valence electrons. The molecule has 0 spiro atoms. The third-order valence-electron chi connectivity index (χ3n) is 6.51.